The second-order valence-electron chi connectivity index (χ2n) is 4.13. The molecule has 18 heavy (non-hydrogen) atoms. The van der Waals surface area contributed by atoms with Crippen LogP contribution in [0.15, 0.2) is 5.38 Å². The minimum atomic E-state index is 0. The summed E-state index contributed by atoms with van der Waals surface area (Å²) in [6.45, 7) is 4.03. The maximum atomic E-state index is 11.6. The second-order valence-corrected chi connectivity index (χ2v) is 5.02. The van der Waals surface area contributed by atoms with Crippen LogP contribution in [0.1, 0.15) is 23.7 Å². The number of hydrogen-bond donors (Lipinski definition) is 2. The third-order valence-electron chi connectivity index (χ3n) is 2.87. The van der Waals surface area contributed by atoms with Crippen molar-refractivity contribution in [2.24, 2.45) is 5.92 Å². The molecular formula is C11H18ClN3O2S. The molecule has 2 rings (SSSR count). The maximum Gasteiger partial charge on any atom is 0.226 e. The summed E-state index contributed by atoms with van der Waals surface area (Å²) in [7, 11) is 1.66. The van der Waals surface area contributed by atoms with Gasteiger partial charge in [0.1, 0.15) is 11.1 Å². The van der Waals surface area contributed by atoms with Crippen LogP contribution in [-0.2, 0) is 16.1 Å². The first-order valence-corrected chi connectivity index (χ1v) is 6.54. The van der Waals surface area contributed by atoms with Gasteiger partial charge in [-0.05, 0) is 6.92 Å². The van der Waals surface area contributed by atoms with Crippen molar-refractivity contribution in [2.45, 2.75) is 19.6 Å². The number of rotatable bonds is 5. The van der Waals surface area contributed by atoms with Gasteiger partial charge in [0.2, 0.25) is 5.91 Å². The molecule has 0 saturated carbocycles. The number of carbonyl (C=O) groups is 1. The Hall–Kier alpha value is -0.690. The molecule has 102 valence electrons. The number of nitrogens with zero attached hydrogens (tertiary/aromatic N) is 1. The number of carbonyl (C=O) groups excluding carboxylic acids is 1. The van der Waals surface area contributed by atoms with Crippen molar-refractivity contribution >= 4 is 29.7 Å². The molecule has 0 radical (unpaired) electrons. The summed E-state index contributed by atoms with van der Waals surface area (Å²) >= 11 is 1.56. The van der Waals surface area contributed by atoms with E-state index in [4.69, 9.17) is 4.74 Å². The van der Waals surface area contributed by atoms with E-state index in [0.717, 1.165) is 23.8 Å². The average Bonchev–Trinajstić information content (AvgIpc) is 2.71. The zero-order chi connectivity index (χ0) is 12.3. The number of thiazole rings is 1. The first-order valence-electron chi connectivity index (χ1n) is 5.66. The van der Waals surface area contributed by atoms with Gasteiger partial charge in [-0.3, -0.25) is 4.79 Å². The van der Waals surface area contributed by atoms with E-state index in [9.17, 15) is 4.79 Å². The highest BCUT2D eigenvalue weighted by atomic mass is 35.5. The molecule has 0 bridgehead atoms. The lowest BCUT2D eigenvalue weighted by Crippen LogP contribution is -2.50. The van der Waals surface area contributed by atoms with Crippen molar-refractivity contribution in [3.63, 3.8) is 0 Å². The Kier molecular flexibility index (Phi) is 6.01. The number of methoxy groups -OCH3 is 1. The number of ether oxygens (including phenoxy) is 1. The summed E-state index contributed by atoms with van der Waals surface area (Å²) in [4.78, 5) is 16.0. The third kappa shape index (κ3) is 3.65. The van der Waals surface area contributed by atoms with Crippen LogP contribution in [-0.4, -0.2) is 31.1 Å². The largest absolute Gasteiger partial charge is 0.375 e. The Bertz CT molecular complexity index is 395. The first kappa shape index (κ1) is 15.4. The maximum absolute atomic E-state index is 11.6. The molecule has 1 unspecified atom stereocenters. The van der Waals surface area contributed by atoms with Crippen LogP contribution in [0.5, 0.6) is 0 Å². The lowest BCUT2D eigenvalue weighted by atomic mass is 10.0. The Morgan fingerprint density at radius 3 is 3.00 bits per heavy atom. The third-order valence-corrected chi connectivity index (χ3v) is 3.92. The molecule has 2 heterocycles. The number of amides is 1. The fourth-order valence-electron chi connectivity index (χ4n) is 1.49. The van der Waals surface area contributed by atoms with Crippen LogP contribution in [0, 0.1) is 5.92 Å². The molecule has 0 aliphatic carbocycles. The van der Waals surface area contributed by atoms with Gasteiger partial charge in [0.25, 0.3) is 0 Å². The van der Waals surface area contributed by atoms with Crippen molar-refractivity contribution in [3.8, 4) is 0 Å². The fourth-order valence-corrected chi connectivity index (χ4v) is 2.34. The molecule has 1 aliphatic heterocycles. The smallest absolute Gasteiger partial charge is 0.226 e. The quantitative estimate of drug-likeness (QED) is 0.853. The molecule has 7 heteroatoms. The number of nitrogens with one attached hydrogen (secondary N) is 2. The lowest BCUT2D eigenvalue weighted by Gasteiger charge is -2.25. The van der Waals surface area contributed by atoms with Crippen molar-refractivity contribution in [1.82, 2.24) is 15.6 Å². The highest BCUT2D eigenvalue weighted by molar-refractivity contribution is 7.09. The number of hydrogen-bond acceptors (Lipinski definition) is 5. The molecule has 1 aromatic heterocycles. The molecule has 1 aliphatic rings. The average molecular weight is 292 g/mol. The molecule has 1 aromatic rings. The van der Waals surface area contributed by atoms with Gasteiger partial charge in [-0.15, -0.1) is 23.7 Å². The van der Waals surface area contributed by atoms with E-state index >= 15 is 0 Å². The molecule has 1 amide bonds. The first-order chi connectivity index (χ1) is 8.20. The van der Waals surface area contributed by atoms with Crippen LogP contribution in [0.25, 0.3) is 0 Å². The van der Waals surface area contributed by atoms with Gasteiger partial charge in [0.15, 0.2) is 0 Å². The minimum absolute atomic E-state index is 0. The molecule has 0 spiro atoms. The van der Waals surface area contributed by atoms with E-state index < -0.39 is 0 Å². The van der Waals surface area contributed by atoms with Crippen molar-refractivity contribution in [1.29, 1.82) is 0 Å². The summed E-state index contributed by atoms with van der Waals surface area (Å²) in [5.74, 6) is 0.240. The highest BCUT2D eigenvalue weighted by Gasteiger charge is 2.24. The highest BCUT2D eigenvalue weighted by Crippen LogP contribution is 2.20. The molecule has 2 N–H and O–H groups in total. The van der Waals surface area contributed by atoms with Crippen LogP contribution >= 0.6 is 23.7 Å². The van der Waals surface area contributed by atoms with Crippen LogP contribution in [0.4, 0.5) is 0 Å². The van der Waals surface area contributed by atoms with Crippen LogP contribution in [0.2, 0.25) is 0 Å². The summed E-state index contributed by atoms with van der Waals surface area (Å²) in [5, 5.41) is 8.88. The van der Waals surface area contributed by atoms with E-state index in [2.05, 4.69) is 15.6 Å². The van der Waals surface area contributed by atoms with Crippen molar-refractivity contribution < 1.29 is 9.53 Å². The number of aromatic nitrogens is 1. The molecule has 1 fully saturated rings. The van der Waals surface area contributed by atoms with Crippen molar-refractivity contribution in [2.75, 3.05) is 20.2 Å². The fraction of sp³-hybridized carbons (Fsp3) is 0.636. The van der Waals surface area contributed by atoms with Crippen LogP contribution in [0.3, 0.4) is 0 Å². The molecule has 1 saturated heterocycles. The Labute approximate surface area is 117 Å². The summed E-state index contributed by atoms with van der Waals surface area (Å²) in [5.41, 5.74) is 0.898. The standard InChI is InChI=1S/C11H17N3O2S.ClH/c1-7(16-2)11-14-9(6-17-11)5-13-10(15)8-3-12-4-8;/h6-8,12H,3-5H2,1-2H3,(H,13,15);1H. The normalized spacial score (nSPS) is 16.6. The molecule has 1 atom stereocenters. The van der Waals surface area contributed by atoms with Gasteiger partial charge in [0.05, 0.1) is 18.2 Å². The van der Waals surface area contributed by atoms with Gasteiger partial charge in [-0.2, -0.15) is 0 Å². The van der Waals surface area contributed by atoms with E-state index in [1.54, 1.807) is 18.4 Å². The van der Waals surface area contributed by atoms with Crippen molar-refractivity contribution in [3.05, 3.63) is 16.1 Å². The predicted octanol–water partition coefficient (Wildman–Crippen LogP) is 1.11. The molecule has 0 aromatic carbocycles. The van der Waals surface area contributed by atoms with Crippen LogP contribution < -0.4 is 10.6 Å². The van der Waals surface area contributed by atoms with Gasteiger partial charge in [0, 0.05) is 25.6 Å². The zero-order valence-electron chi connectivity index (χ0n) is 10.4. The minimum Gasteiger partial charge on any atom is -0.375 e. The summed E-state index contributed by atoms with van der Waals surface area (Å²) < 4.78 is 5.19. The van der Waals surface area contributed by atoms with Gasteiger partial charge < -0.3 is 15.4 Å². The van der Waals surface area contributed by atoms with E-state index in [1.165, 1.54) is 0 Å². The van der Waals surface area contributed by atoms with Gasteiger partial charge >= 0.3 is 0 Å². The molecule has 5 nitrogen and oxygen atoms in total. The van der Waals surface area contributed by atoms with E-state index in [0.29, 0.717) is 6.54 Å². The summed E-state index contributed by atoms with van der Waals surface area (Å²) in [6.07, 6.45) is 0.0142. The second kappa shape index (κ2) is 7.04. The topological polar surface area (TPSA) is 63.2 Å². The Morgan fingerprint density at radius 2 is 2.44 bits per heavy atom. The van der Waals surface area contributed by atoms with E-state index in [1.807, 2.05) is 12.3 Å². The molecular weight excluding hydrogens is 274 g/mol. The Morgan fingerprint density at radius 1 is 1.72 bits per heavy atom. The number of halogens is 1. The zero-order valence-corrected chi connectivity index (χ0v) is 12.1. The lowest BCUT2D eigenvalue weighted by molar-refractivity contribution is -0.126. The summed E-state index contributed by atoms with van der Waals surface area (Å²) in [6, 6.07) is 0. The Balaban J connectivity index is 0.00000162. The monoisotopic (exact) mass is 291 g/mol. The predicted molar refractivity (Wildman–Crippen MR) is 73.0 cm³/mol. The van der Waals surface area contributed by atoms with Gasteiger partial charge in [-0.1, -0.05) is 0 Å². The van der Waals surface area contributed by atoms with Gasteiger partial charge in [-0.25, -0.2) is 4.98 Å². The van der Waals surface area contributed by atoms with E-state index in [-0.39, 0.29) is 30.3 Å². The SMILES string of the molecule is COC(C)c1nc(CNC(=O)C2CNC2)cs1.Cl.